The van der Waals surface area contributed by atoms with Gasteiger partial charge in [0.2, 0.25) is 13.9 Å². The van der Waals surface area contributed by atoms with Crippen LogP contribution in [0.1, 0.15) is 165 Å². The predicted octanol–water partition coefficient (Wildman–Crippen LogP) is 22.6. The number of furan rings is 4. The molecular formula is C87H93B2Br2ClN8O14S4. The van der Waals surface area contributed by atoms with Crippen molar-refractivity contribution in [2.45, 2.75) is 165 Å². The highest BCUT2D eigenvalue weighted by Gasteiger charge is 2.52. The molecule has 31 heteroatoms. The van der Waals surface area contributed by atoms with E-state index in [0.29, 0.717) is 66.3 Å². The van der Waals surface area contributed by atoms with E-state index in [1.54, 1.807) is 51.1 Å². The third kappa shape index (κ3) is 20.2. The molecule has 1 aliphatic heterocycles. The molecule has 0 unspecified atom stereocenters. The van der Waals surface area contributed by atoms with Crippen molar-refractivity contribution in [1.29, 1.82) is 0 Å². The number of esters is 2. The molecule has 15 aromatic rings. The Balaban J connectivity index is 0.000000167. The fourth-order valence-corrected chi connectivity index (χ4v) is 16.1. The lowest BCUT2D eigenvalue weighted by molar-refractivity contribution is 0.00578. The summed E-state index contributed by atoms with van der Waals surface area (Å²) in [6.07, 6.45) is 0. The number of aromatic carboxylic acids is 1. The second-order valence-corrected chi connectivity index (χ2v) is 33.8. The van der Waals surface area contributed by atoms with Gasteiger partial charge in [-0.2, -0.15) is 22.5 Å². The monoisotopic (exact) mass is 1820 g/mol. The summed E-state index contributed by atoms with van der Waals surface area (Å²) in [5.41, 5.74) is 21.3. The van der Waals surface area contributed by atoms with E-state index in [1.807, 2.05) is 145 Å². The summed E-state index contributed by atoms with van der Waals surface area (Å²) in [6.45, 7) is 40.2. The van der Waals surface area contributed by atoms with Crippen LogP contribution < -0.4 is 11.1 Å². The maximum atomic E-state index is 12.1. The Hall–Kier alpha value is -9.43. The minimum Gasteiger partial charge on any atom is -0.478 e. The maximum absolute atomic E-state index is 12.1. The Morgan fingerprint density at radius 2 is 0.780 bits per heavy atom. The summed E-state index contributed by atoms with van der Waals surface area (Å²) in [5.74, 6) is 1.89. The third-order valence-corrected chi connectivity index (χ3v) is 24.7. The SMILES string of the molecule is C.C.CCOC(=O)c1ccc(-c2nsc(-c3cc4c(C)ccc(C)c4o3)n2)c(C)c1C.CCOC(=O)c1ccc(B2OC(C)(C)C(C)(C)O2)c(C)c1C.Cc1c(C(=O)O)ccc(-c2nsc(-c3cc4c(C)ccc(C)c4o3)n2)c1C.Cc1ccc(C)c2oc(-c3nc(Br)ns3)cc12.Cc1ccc(C)c2oc(B(O)O)cc12.Clc1nc(Br)ns1. The van der Waals surface area contributed by atoms with Gasteiger partial charge in [0.15, 0.2) is 44.0 Å². The van der Waals surface area contributed by atoms with E-state index in [9.17, 15) is 19.5 Å². The van der Waals surface area contributed by atoms with Gasteiger partial charge in [-0.25, -0.2) is 29.3 Å². The van der Waals surface area contributed by atoms with Crippen molar-refractivity contribution in [3.05, 3.63) is 218 Å². The first-order chi connectivity index (χ1) is 54.9. The standard InChI is InChI=1S/C23H22N2O3S.C21H18N2O3S.C17H25BO4.C12H9BrN2OS.C10H11BO3.C2BrClN2S.2CH4/c1-6-27-23(26)17-10-9-16(14(4)15(17)5)21-24-22(29-25-21)19-11-18-12(2)7-8-13(3)20(18)28-19;1-10-5-6-11(2)18-16(10)9-17(26-18)20-22-19(23-27-20)14-7-8-15(21(24)25)13(4)12(14)3;1-8-20-15(19)13-9-10-14(12(3)11(13)2)18-21-16(4,5)17(6,7)22-18;1-6-3-4-7(2)10-8(6)5-9(16-10)11-14-12(13)15-17-11;1-6-3-4-7(2)10-8(6)5-9(14-10)11(12)13;3-1-5-2(4)7-6-1;;/h7-11H,6H2,1-5H3;5-9H,1-4H3,(H,24,25);9-10H,8H2,1-7H3;3-5H,1-2H3;3-5,12-13H,1-2H3;;2*1H4. The van der Waals surface area contributed by atoms with Crippen LogP contribution in [-0.4, -0.2) is 109 Å². The molecule has 0 saturated carbocycles. The first kappa shape index (κ1) is 92.5. The van der Waals surface area contributed by atoms with Gasteiger partial charge in [0.25, 0.3) is 0 Å². The average molecular weight is 1820 g/mol. The Kier molecular flexibility index (Phi) is 30.4. The van der Waals surface area contributed by atoms with Crippen LogP contribution in [-0.2, 0) is 18.8 Å². The lowest BCUT2D eigenvalue weighted by Gasteiger charge is -2.32. The minimum absolute atomic E-state index is 0. The highest BCUT2D eigenvalue weighted by molar-refractivity contribution is 9.10. The molecule has 16 rings (SSSR count). The van der Waals surface area contributed by atoms with E-state index in [4.69, 9.17) is 63.1 Å². The van der Waals surface area contributed by atoms with E-state index in [-0.39, 0.29) is 43.7 Å². The van der Waals surface area contributed by atoms with Gasteiger partial charge in [0.1, 0.15) is 28.0 Å². The minimum atomic E-state index is -1.54. The third-order valence-electron chi connectivity index (χ3n) is 20.5. The van der Waals surface area contributed by atoms with Crippen molar-refractivity contribution in [3.63, 3.8) is 0 Å². The predicted molar refractivity (Wildman–Crippen MR) is 483 cm³/mol. The Morgan fingerprint density at radius 3 is 1.12 bits per heavy atom. The van der Waals surface area contributed by atoms with Crippen LogP contribution in [0.4, 0.5) is 0 Å². The number of hydrogen-bond donors (Lipinski definition) is 3. The number of aryl methyl sites for hydroxylation is 8. The molecule has 0 radical (unpaired) electrons. The molecule has 0 amide bonds. The Morgan fingerprint density at radius 1 is 0.441 bits per heavy atom. The molecule has 118 heavy (non-hydrogen) atoms. The van der Waals surface area contributed by atoms with Crippen molar-refractivity contribution in [1.82, 2.24) is 37.4 Å². The van der Waals surface area contributed by atoms with Crippen LogP contribution in [0.15, 0.2) is 136 Å². The molecule has 0 atom stereocenters. The van der Waals surface area contributed by atoms with Gasteiger partial charge in [0.05, 0.1) is 41.1 Å². The summed E-state index contributed by atoms with van der Waals surface area (Å²) in [6, 6.07) is 34.9. The van der Waals surface area contributed by atoms with Crippen molar-refractivity contribution in [2.24, 2.45) is 0 Å². The van der Waals surface area contributed by atoms with E-state index in [0.717, 1.165) is 160 Å². The van der Waals surface area contributed by atoms with Crippen molar-refractivity contribution < 1.29 is 66.0 Å². The van der Waals surface area contributed by atoms with Crippen LogP contribution in [0.25, 0.3) is 99.0 Å². The van der Waals surface area contributed by atoms with Crippen LogP contribution in [0, 0.1) is 96.9 Å². The molecule has 9 heterocycles. The van der Waals surface area contributed by atoms with Gasteiger partial charge in [0, 0.05) is 32.7 Å². The van der Waals surface area contributed by atoms with Gasteiger partial charge in [-0.1, -0.05) is 81.6 Å². The first-order valence-electron chi connectivity index (χ1n) is 36.8. The van der Waals surface area contributed by atoms with E-state index in [2.05, 4.69) is 115 Å². The van der Waals surface area contributed by atoms with Gasteiger partial charge in [-0.3, -0.25) is 0 Å². The zero-order valence-corrected chi connectivity index (χ0v) is 74.8. The van der Waals surface area contributed by atoms with Gasteiger partial charge in [-0.15, -0.1) is 0 Å². The van der Waals surface area contributed by atoms with Crippen LogP contribution in [0.3, 0.4) is 0 Å². The van der Waals surface area contributed by atoms with Gasteiger partial charge in [-0.05, 0) is 354 Å². The fraction of sp³-hybridized carbons (Fsp3) is 0.299. The summed E-state index contributed by atoms with van der Waals surface area (Å²) in [7, 11) is -1.96. The molecule has 22 nitrogen and oxygen atoms in total. The van der Waals surface area contributed by atoms with E-state index in [1.165, 1.54) is 45.7 Å². The molecule has 616 valence electrons. The number of rotatable bonds is 12. The normalized spacial score (nSPS) is 12.4. The van der Waals surface area contributed by atoms with E-state index >= 15 is 0 Å². The zero-order valence-electron chi connectivity index (χ0n) is 67.6. The number of carboxylic acids is 1. The molecular weight excluding hydrogens is 1730 g/mol. The molecule has 7 aromatic carbocycles. The maximum Gasteiger partial charge on any atom is 0.526 e. The molecule has 0 spiro atoms. The lowest BCUT2D eigenvalue weighted by Crippen LogP contribution is -2.41. The van der Waals surface area contributed by atoms with Crippen molar-refractivity contribution >= 4 is 177 Å². The number of ether oxygens (including phenoxy) is 2. The molecule has 0 bridgehead atoms. The number of aromatic nitrogens is 8. The molecule has 8 aromatic heterocycles. The van der Waals surface area contributed by atoms with Crippen LogP contribution >= 0.6 is 89.6 Å². The molecule has 1 fully saturated rings. The lowest BCUT2D eigenvalue weighted by atomic mass is 9.74. The molecule has 0 aliphatic carbocycles. The van der Waals surface area contributed by atoms with Crippen molar-refractivity contribution in [3.8, 4) is 55.1 Å². The number of carbonyl (C=O) groups excluding carboxylic acids is 2. The average Bonchev–Trinajstić information content (AvgIpc) is 1.58. The topological polar surface area (TPSA) is 304 Å². The summed E-state index contributed by atoms with van der Waals surface area (Å²) in [5, 5.41) is 33.7. The number of fused-ring (bicyclic) bond motifs is 4. The van der Waals surface area contributed by atoms with E-state index < -0.39 is 20.2 Å². The number of hydrogen-bond acceptors (Lipinski definition) is 25. The van der Waals surface area contributed by atoms with Crippen LogP contribution in [0.5, 0.6) is 0 Å². The summed E-state index contributed by atoms with van der Waals surface area (Å²) >= 11 is 16.7. The fourth-order valence-electron chi connectivity index (χ4n) is 12.7. The second kappa shape index (κ2) is 38.7. The quantitative estimate of drug-likeness (QED) is 0.0756. The number of benzene rings is 7. The number of halogens is 3. The molecule has 1 aliphatic rings. The largest absolute Gasteiger partial charge is 0.526 e. The number of carbonyl (C=O) groups is 3. The highest BCUT2D eigenvalue weighted by Crippen LogP contribution is 2.41. The molecule has 1 saturated heterocycles. The van der Waals surface area contributed by atoms with Crippen molar-refractivity contribution in [2.75, 3.05) is 13.2 Å². The van der Waals surface area contributed by atoms with Crippen LogP contribution in [0.2, 0.25) is 4.47 Å². The first-order valence-corrected chi connectivity index (χ1v) is 41.9. The van der Waals surface area contributed by atoms with Gasteiger partial charge < -0.3 is 51.6 Å². The Labute approximate surface area is 725 Å². The molecule has 3 N–H and O–H groups in total. The summed E-state index contributed by atoms with van der Waals surface area (Å²) < 4.78 is 64.2. The summed E-state index contributed by atoms with van der Waals surface area (Å²) in [4.78, 5) is 52.7. The number of nitrogens with zero attached hydrogens (tertiary/aromatic N) is 8. The smallest absolute Gasteiger partial charge is 0.478 e. The highest BCUT2D eigenvalue weighted by atomic mass is 79.9. The van der Waals surface area contributed by atoms with Gasteiger partial charge >= 0.3 is 32.1 Å². The Bertz CT molecular complexity index is 6010. The zero-order chi connectivity index (χ0) is 84.3. The number of carboxylic acid groups (broad SMARTS) is 1. The second-order valence-electron chi connectivity index (χ2n) is 28.8.